The molecule has 96 valence electrons. The third kappa shape index (κ3) is 1.91. The first-order chi connectivity index (χ1) is 8.56. The van der Waals surface area contributed by atoms with Crippen molar-refractivity contribution in [1.82, 2.24) is 4.90 Å². The summed E-state index contributed by atoms with van der Waals surface area (Å²) in [4.78, 5) is 14.1. The number of carbonyl (C=O) groups is 1. The summed E-state index contributed by atoms with van der Waals surface area (Å²) < 4.78 is 0. The van der Waals surface area contributed by atoms with E-state index in [2.05, 4.69) is 0 Å². The van der Waals surface area contributed by atoms with Crippen molar-refractivity contribution in [3.05, 3.63) is 33.8 Å². The second-order valence-corrected chi connectivity index (χ2v) is 5.88. The maximum absolute atomic E-state index is 12.3. The number of carbonyl (C=O) groups excluding carboxylic acids is 1. The molecule has 3 atom stereocenters. The van der Waals surface area contributed by atoms with E-state index in [1.807, 2.05) is 0 Å². The number of amides is 1. The molecule has 2 aliphatic rings. The summed E-state index contributed by atoms with van der Waals surface area (Å²) in [5.74, 6) is 0.693. The van der Waals surface area contributed by atoms with Crippen molar-refractivity contribution < 1.29 is 9.90 Å². The maximum atomic E-state index is 12.3. The van der Waals surface area contributed by atoms with Crippen LogP contribution < -0.4 is 0 Å². The van der Waals surface area contributed by atoms with E-state index in [-0.39, 0.29) is 17.9 Å². The van der Waals surface area contributed by atoms with Crippen LogP contribution in [0.3, 0.4) is 0 Å². The van der Waals surface area contributed by atoms with Gasteiger partial charge in [0, 0.05) is 24.6 Å². The number of hydrogen-bond acceptors (Lipinski definition) is 2. The number of fused-ring (bicyclic) bond motifs is 1. The number of benzene rings is 1. The Morgan fingerprint density at radius 3 is 2.67 bits per heavy atom. The molecule has 1 aromatic carbocycles. The van der Waals surface area contributed by atoms with E-state index in [0.717, 1.165) is 13.0 Å². The van der Waals surface area contributed by atoms with Crippen LogP contribution in [0.4, 0.5) is 0 Å². The molecule has 1 amide bonds. The molecule has 1 aliphatic heterocycles. The molecule has 0 spiro atoms. The van der Waals surface area contributed by atoms with Gasteiger partial charge in [0.05, 0.1) is 16.1 Å². The van der Waals surface area contributed by atoms with E-state index in [4.69, 9.17) is 23.2 Å². The zero-order chi connectivity index (χ0) is 12.9. The van der Waals surface area contributed by atoms with E-state index in [1.165, 1.54) is 0 Å². The third-order valence-corrected chi connectivity index (χ3v) is 4.72. The molecule has 1 aromatic rings. The average Bonchev–Trinajstić information content (AvgIpc) is 2.69. The molecular formula is C13H13Cl2NO2. The predicted octanol–water partition coefficient (Wildman–Crippen LogP) is 2.45. The van der Waals surface area contributed by atoms with Crippen LogP contribution in [0.25, 0.3) is 0 Å². The lowest BCUT2D eigenvalue weighted by atomic mass is 9.74. The summed E-state index contributed by atoms with van der Waals surface area (Å²) in [5, 5.41) is 10.4. The van der Waals surface area contributed by atoms with Gasteiger partial charge in [-0.1, -0.05) is 23.2 Å². The Bertz CT molecular complexity index is 506. The highest BCUT2D eigenvalue weighted by Gasteiger charge is 2.47. The lowest BCUT2D eigenvalue weighted by Crippen LogP contribution is -2.39. The van der Waals surface area contributed by atoms with Crippen molar-refractivity contribution in [1.29, 1.82) is 0 Å². The number of halogens is 2. The molecule has 1 aliphatic carbocycles. The fraction of sp³-hybridized carbons (Fsp3) is 0.462. The number of rotatable bonds is 1. The van der Waals surface area contributed by atoms with Crippen LogP contribution in [0.2, 0.25) is 10.0 Å². The smallest absolute Gasteiger partial charge is 0.253 e. The van der Waals surface area contributed by atoms with Crippen molar-refractivity contribution in [2.24, 2.45) is 11.8 Å². The minimum atomic E-state index is -0.235. The summed E-state index contributed by atoms with van der Waals surface area (Å²) in [7, 11) is 0. The summed E-state index contributed by atoms with van der Waals surface area (Å²) >= 11 is 11.7. The topological polar surface area (TPSA) is 40.5 Å². The number of hydrogen-bond donors (Lipinski definition) is 1. The summed E-state index contributed by atoms with van der Waals surface area (Å²) in [6, 6.07) is 4.92. The number of nitrogens with zero attached hydrogens (tertiary/aromatic N) is 1. The Morgan fingerprint density at radius 1 is 1.28 bits per heavy atom. The molecule has 0 unspecified atom stereocenters. The molecule has 1 N–H and O–H groups in total. The molecule has 5 heteroatoms. The van der Waals surface area contributed by atoms with Gasteiger partial charge in [0.15, 0.2) is 0 Å². The number of aliphatic hydroxyl groups excluding tert-OH is 1. The molecule has 0 bridgehead atoms. The van der Waals surface area contributed by atoms with E-state index in [1.54, 1.807) is 23.1 Å². The Labute approximate surface area is 115 Å². The van der Waals surface area contributed by atoms with Crippen LogP contribution in [0.1, 0.15) is 16.8 Å². The van der Waals surface area contributed by atoms with Gasteiger partial charge in [-0.25, -0.2) is 0 Å². The van der Waals surface area contributed by atoms with Crippen LogP contribution in [-0.2, 0) is 0 Å². The van der Waals surface area contributed by atoms with Crippen LogP contribution in [0.5, 0.6) is 0 Å². The molecular weight excluding hydrogens is 273 g/mol. The molecule has 3 rings (SSSR count). The van der Waals surface area contributed by atoms with Gasteiger partial charge in [-0.05, 0) is 30.5 Å². The highest BCUT2D eigenvalue weighted by atomic mass is 35.5. The summed E-state index contributed by atoms with van der Waals surface area (Å²) in [5.41, 5.74) is 0.556. The predicted molar refractivity (Wildman–Crippen MR) is 70.0 cm³/mol. The first-order valence-electron chi connectivity index (χ1n) is 5.98. The van der Waals surface area contributed by atoms with E-state index in [9.17, 15) is 9.90 Å². The van der Waals surface area contributed by atoms with E-state index in [0.29, 0.717) is 28.1 Å². The van der Waals surface area contributed by atoms with Gasteiger partial charge >= 0.3 is 0 Å². The zero-order valence-electron chi connectivity index (χ0n) is 9.64. The lowest BCUT2D eigenvalue weighted by molar-refractivity contribution is -0.00426. The molecule has 2 fully saturated rings. The van der Waals surface area contributed by atoms with Gasteiger partial charge in [-0.2, -0.15) is 0 Å². The molecule has 3 nitrogen and oxygen atoms in total. The molecule has 1 saturated heterocycles. The van der Waals surface area contributed by atoms with E-state index < -0.39 is 0 Å². The molecule has 18 heavy (non-hydrogen) atoms. The Balaban J connectivity index is 1.77. The van der Waals surface area contributed by atoms with Crippen molar-refractivity contribution in [2.45, 2.75) is 12.5 Å². The van der Waals surface area contributed by atoms with Crippen LogP contribution in [0, 0.1) is 11.8 Å². The molecule has 1 saturated carbocycles. The minimum absolute atomic E-state index is 0.0323. The zero-order valence-corrected chi connectivity index (χ0v) is 11.2. The second kappa shape index (κ2) is 4.41. The number of likely N-dealkylation sites (tertiary alicyclic amines) is 1. The van der Waals surface area contributed by atoms with Gasteiger partial charge in [0.2, 0.25) is 0 Å². The molecule has 0 radical (unpaired) electrons. The van der Waals surface area contributed by atoms with Crippen LogP contribution in [-0.4, -0.2) is 35.1 Å². The Kier molecular flexibility index (Phi) is 3.00. The largest absolute Gasteiger partial charge is 0.393 e. The van der Waals surface area contributed by atoms with Gasteiger partial charge in [0.25, 0.3) is 5.91 Å². The van der Waals surface area contributed by atoms with E-state index >= 15 is 0 Å². The molecule has 1 heterocycles. The van der Waals surface area contributed by atoms with Gasteiger partial charge < -0.3 is 10.0 Å². The second-order valence-electron chi connectivity index (χ2n) is 5.07. The first kappa shape index (κ1) is 12.3. The monoisotopic (exact) mass is 285 g/mol. The van der Waals surface area contributed by atoms with Gasteiger partial charge in [0.1, 0.15) is 0 Å². The van der Waals surface area contributed by atoms with Crippen molar-refractivity contribution in [3.8, 4) is 0 Å². The standard InChI is InChI=1S/C13H13Cl2NO2/c14-10-2-1-7(3-11(10)15)13(18)16-5-8-4-12(17)9(8)6-16/h1-3,8-9,12,17H,4-6H2/t8-,9+,12+/m1/s1. The average molecular weight is 286 g/mol. The van der Waals surface area contributed by atoms with Gasteiger partial charge in [-0.3, -0.25) is 4.79 Å². The van der Waals surface area contributed by atoms with Crippen LogP contribution >= 0.6 is 23.2 Å². The normalized spacial score (nSPS) is 29.9. The first-order valence-corrected chi connectivity index (χ1v) is 6.74. The lowest BCUT2D eigenvalue weighted by Gasteiger charge is -2.34. The van der Waals surface area contributed by atoms with Crippen LogP contribution in [0.15, 0.2) is 18.2 Å². The fourth-order valence-electron chi connectivity index (χ4n) is 2.85. The summed E-state index contributed by atoms with van der Waals surface area (Å²) in [6.07, 6.45) is 0.581. The fourth-order valence-corrected chi connectivity index (χ4v) is 3.15. The quantitative estimate of drug-likeness (QED) is 0.861. The highest BCUT2D eigenvalue weighted by molar-refractivity contribution is 6.42. The van der Waals surface area contributed by atoms with Crippen molar-refractivity contribution in [3.63, 3.8) is 0 Å². The highest BCUT2D eigenvalue weighted by Crippen LogP contribution is 2.41. The van der Waals surface area contributed by atoms with Gasteiger partial charge in [-0.15, -0.1) is 0 Å². The molecule has 0 aromatic heterocycles. The maximum Gasteiger partial charge on any atom is 0.253 e. The Morgan fingerprint density at radius 2 is 2.06 bits per heavy atom. The number of aliphatic hydroxyl groups is 1. The van der Waals surface area contributed by atoms with Crippen molar-refractivity contribution >= 4 is 29.1 Å². The third-order valence-electron chi connectivity index (χ3n) is 3.98. The van der Waals surface area contributed by atoms with Crippen molar-refractivity contribution in [2.75, 3.05) is 13.1 Å². The SMILES string of the molecule is O=C(c1ccc(Cl)c(Cl)c1)N1C[C@H]2C[C@H](O)[C@H]2C1. The minimum Gasteiger partial charge on any atom is -0.393 e. The summed E-state index contributed by atoms with van der Waals surface area (Å²) in [6.45, 7) is 1.38. The Hall–Kier alpha value is -0.770.